The van der Waals surface area contributed by atoms with Crippen LogP contribution in [-0.4, -0.2) is 39.6 Å². The van der Waals surface area contributed by atoms with Gasteiger partial charge in [0.15, 0.2) is 5.17 Å². The number of carbonyl (C=O) groups excluding carboxylic acids is 2. The summed E-state index contributed by atoms with van der Waals surface area (Å²) >= 11 is 7.37. The number of hydrogen-bond acceptors (Lipinski definition) is 6. The lowest BCUT2D eigenvalue weighted by Gasteiger charge is -2.23. The van der Waals surface area contributed by atoms with Crippen molar-refractivity contribution in [3.05, 3.63) is 94.5 Å². The van der Waals surface area contributed by atoms with Gasteiger partial charge < -0.3 is 10.1 Å². The molecule has 3 aromatic rings. The van der Waals surface area contributed by atoms with E-state index in [-0.39, 0.29) is 24.3 Å². The van der Waals surface area contributed by atoms with Crippen molar-refractivity contribution >= 4 is 51.7 Å². The maximum Gasteiger partial charge on any atom is 0.262 e. The van der Waals surface area contributed by atoms with E-state index >= 15 is 0 Å². The molecule has 2 heterocycles. The molecule has 1 N–H and O–H groups in total. The van der Waals surface area contributed by atoms with Gasteiger partial charge in [0.2, 0.25) is 5.91 Å². The van der Waals surface area contributed by atoms with Gasteiger partial charge in [-0.25, -0.2) is 5.01 Å². The Bertz CT molecular complexity index is 1390. The highest BCUT2D eigenvalue weighted by Gasteiger charge is 2.39. The Hall–Kier alpha value is -3.62. The Labute approximate surface area is 230 Å². The number of aryl methyl sites for hydroxylation is 1. The highest BCUT2D eigenvalue weighted by Crippen LogP contribution is 2.38. The fourth-order valence-electron chi connectivity index (χ4n) is 4.34. The van der Waals surface area contributed by atoms with Gasteiger partial charge in [0, 0.05) is 23.6 Å². The third kappa shape index (κ3) is 5.92. The monoisotopic (exact) mass is 546 g/mol. The van der Waals surface area contributed by atoms with Crippen LogP contribution < -0.4 is 10.1 Å². The zero-order valence-corrected chi connectivity index (χ0v) is 22.6. The molecule has 3 aromatic carbocycles. The summed E-state index contributed by atoms with van der Waals surface area (Å²) in [5.74, 6) is 0.153. The average molecular weight is 547 g/mol. The van der Waals surface area contributed by atoms with Crippen LogP contribution in [0, 0.1) is 6.92 Å². The highest BCUT2D eigenvalue weighted by atomic mass is 35.5. The van der Waals surface area contributed by atoms with Crippen LogP contribution >= 0.6 is 23.4 Å². The topological polar surface area (TPSA) is 83.4 Å². The van der Waals surface area contributed by atoms with Gasteiger partial charge in [-0.05, 0) is 61.4 Å². The van der Waals surface area contributed by atoms with Crippen LogP contribution in [0.3, 0.4) is 0 Å². The number of carbonyl (C=O) groups is 2. The number of aliphatic imine (C=N–C) groups is 1. The summed E-state index contributed by atoms with van der Waals surface area (Å²) in [5, 5.41) is 10.1. The molecule has 0 radical (unpaired) electrons. The molecule has 194 valence electrons. The molecular formula is C29H27ClN4O3S. The minimum Gasteiger partial charge on any atom is -0.494 e. The smallest absolute Gasteiger partial charge is 0.262 e. The normalized spacial score (nSPS) is 18.8. The number of hydrogen-bond donors (Lipinski definition) is 1. The maximum absolute atomic E-state index is 12.8. The summed E-state index contributed by atoms with van der Waals surface area (Å²) in [5.41, 5.74) is 4.75. The highest BCUT2D eigenvalue weighted by molar-refractivity contribution is 8.15. The molecule has 2 atom stereocenters. The van der Waals surface area contributed by atoms with Crippen molar-refractivity contribution < 1.29 is 14.3 Å². The fraction of sp³-hybridized carbons (Fsp3) is 0.241. The number of hydrazone groups is 1. The number of amides is 2. The Morgan fingerprint density at radius 1 is 1.08 bits per heavy atom. The molecule has 0 aliphatic carbocycles. The van der Waals surface area contributed by atoms with Crippen molar-refractivity contribution in [1.82, 2.24) is 5.01 Å². The predicted molar refractivity (Wildman–Crippen MR) is 153 cm³/mol. The minimum absolute atomic E-state index is 0.0144. The molecule has 2 aliphatic heterocycles. The molecule has 0 spiro atoms. The lowest BCUT2D eigenvalue weighted by Crippen LogP contribution is -2.25. The van der Waals surface area contributed by atoms with E-state index < -0.39 is 5.25 Å². The van der Waals surface area contributed by atoms with E-state index in [1.807, 2.05) is 43.1 Å². The first-order valence-electron chi connectivity index (χ1n) is 12.4. The summed E-state index contributed by atoms with van der Waals surface area (Å²) in [6.45, 7) is 4.53. The van der Waals surface area contributed by atoms with Crippen molar-refractivity contribution in [2.45, 2.75) is 38.0 Å². The third-order valence-corrected chi connectivity index (χ3v) is 7.69. The molecule has 2 amide bonds. The van der Waals surface area contributed by atoms with E-state index in [1.165, 1.54) is 17.3 Å². The zero-order chi connectivity index (χ0) is 26.6. The quantitative estimate of drug-likeness (QED) is 0.380. The second kappa shape index (κ2) is 11.4. The number of ether oxygens (including phenoxy) is 1. The van der Waals surface area contributed by atoms with Gasteiger partial charge in [0.1, 0.15) is 11.0 Å². The van der Waals surface area contributed by atoms with Crippen molar-refractivity contribution in [1.29, 1.82) is 0 Å². The van der Waals surface area contributed by atoms with Crippen molar-refractivity contribution in [3.8, 4) is 5.75 Å². The van der Waals surface area contributed by atoms with Crippen LogP contribution in [0.15, 0.2) is 82.9 Å². The Balaban J connectivity index is 1.31. The Morgan fingerprint density at radius 3 is 2.47 bits per heavy atom. The van der Waals surface area contributed by atoms with E-state index in [4.69, 9.17) is 21.4 Å². The van der Waals surface area contributed by atoms with Crippen molar-refractivity contribution in [2.24, 2.45) is 10.1 Å². The van der Waals surface area contributed by atoms with Gasteiger partial charge in [0.05, 0.1) is 18.4 Å². The average Bonchev–Trinajstić information content (AvgIpc) is 3.50. The summed E-state index contributed by atoms with van der Waals surface area (Å²) in [4.78, 5) is 29.9. The van der Waals surface area contributed by atoms with E-state index in [2.05, 4.69) is 34.6 Å². The fourth-order valence-corrected chi connectivity index (χ4v) is 5.53. The van der Waals surface area contributed by atoms with Gasteiger partial charge >= 0.3 is 0 Å². The first-order valence-corrected chi connectivity index (χ1v) is 13.7. The Morgan fingerprint density at radius 2 is 1.79 bits per heavy atom. The van der Waals surface area contributed by atoms with Gasteiger partial charge in [0.25, 0.3) is 5.91 Å². The molecule has 0 bridgehead atoms. The lowest BCUT2D eigenvalue weighted by atomic mass is 9.98. The number of amidine groups is 1. The Kier molecular flexibility index (Phi) is 7.81. The molecule has 9 heteroatoms. The third-order valence-electron chi connectivity index (χ3n) is 6.29. The van der Waals surface area contributed by atoms with Crippen LogP contribution in [0.2, 0.25) is 5.02 Å². The molecular weight excluding hydrogens is 520 g/mol. The zero-order valence-electron chi connectivity index (χ0n) is 21.1. The molecule has 2 aliphatic rings. The molecule has 0 saturated heterocycles. The molecule has 0 saturated carbocycles. The number of halogens is 1. The standard InChI is InChI=1S/C29H27ClN4O3S/c1-3-37-23-14-12-22(13-15-23)31-27(35)17-26-28(36)32-29(38-26)34-25(20-6-4-18(2)5-7-20)16-24(33-34)19-8-10-21(30)11-9-19/h4-15,25-26H,3,16-17H2,1-2H3,(H,31,35). The largest absolute Gasteiger partial charge is 0.494 e. The summed E-state index contributed by atoms with van der Waals surface area (Å²) in [6.07, 6.45) is 0.669. The van der Waals surface area contributed by atoms with Gasteiger partial charge in [-0.1, -0.05) is 65.3 Å². The maximum atomic E-state index is 12.8. The number of thioether (sulfide) groups is 1. The second-order valence-electron chi connectivity index (χ2n) is 9.08. The van der Waals surface area contributed by atoms with Crippen LogP contribution in [0.25, 0.3) is 0 Å². The number of anilines is 1. The molecule has 38 heavy (non-hydrogen) atoms. The van der Waals surface area contributed by atoms with Crippen LogP contribution in [0.1, 0.15) is 42.5 Å². The van der Waals surface area contributed by atoms with Gasteiger partial charge in [-0.2, -0.15) is 10.1 Å². The summed E-state index contributed by atoms with van der Waals surface area (Å²) in [6, 6.07) is 22.9. The summed E-state index contributed by atoms with van der Waals surface area (Å²) < 4.78 is 5.44. The number of nitrogens with one attached hydrogen (secondary N) is 1. The molecule has 2 unspecified atom stereocenters. The molecule has 0 fully saturated rings. The second-order valence-corrected chi connectivity index (χ2v) is 10.7. The van der Waals surface area contributed by atoms with E-state index in [9.17, 15) is 9.59 Å². The summed E-state index contributed by atoms with van der Waals surface area (Å²) in [7, 11) is 0. The van der Waals surface area contributed by atoms with Crippen molar-refractivity contribution in [3.63, 3.8) is 0 Å². The first kappa shape index (κ1) is 26.0. The first-order chi connectivity index (χ1) is 18.4. The number of nitrogens with zero attached hydrogens (tertiary/aromatic N) is 3. The molecule has 0 aromatic heterocycles. The molecule has 5 rings (SSSR count). The predicted octanol–water partition coefficient (Wildman–Crippen LogP) is 6.23. The van der Waals surface area contributed by atoms with E-state index in [0.717, 1.165) is 22.6 Å². The SMILES string of the molecule is CCOc1ccc(NC(=O)CC2SC(N3N=C(c4ccc(Cl)cc4)CC3c3ccc(C)cc3)=NC2=O)cc1. The van der Waals surface area contributed by atoms with Gasteiger partial charge in [-0.3, -0.25) is 9.59 Å². The van der Waals surface area contributed by atoms with E-state index in [0.29, 0.717) is 28.9 Å². The minimum atomic E-state index is -0.610. The van der Waals surface area contributed by atoms with Crippen LogP contribution in [-0.2, 0) is 9.59 Å². The van der Waals surface area contributed by atoms with Crippen molar-refractivity contribution in [2.75, 3.05) is 11.9 Å². The van der Waals surface area contributed by atoms with Crippen LogP contribution in [0.5, 0.6) is 5.75 Å². The molecule has 7 nitrogen and oxygen atoms in total. The number of rotatable bonds is 7. The van der Waals surface area contributed by atoms with Crippen LogP contribution in [0.4, 0.5) is 5.69 Å². The lowest BCUT2D eigenvalue weighted by molar-refractivity contribution is -0.121. The number of benzene rings is 3. The van der Waals surface area contributed by atoms with Gasteiger partial charge in [-0.15, -0.1) is 0 Å². The van der Waals surface area contributed by atoms with E-state index in [1.54, 1.807) is 24.3 Å².